The number of methoxy groups -OCH3 is 2. The first-order valence-electron chi connectivity index (χ1n) is 7.41. The van der Waals surface area contributed by atoms with Gasteiger partial charge in [0.25, 0.3) is 5.91 Å². The molecule has 1 N–H and O–H groups in total. The van der Waals surface area contributed by atoms with Crippen LogP contribution in [0.25, 0.3) is 0 Å². The zero-order chi connectivity index (χ0) is 16.9. The highest BCUT2D eigenvalue weighted by Crippen LogP contribution is 2.46. The average molecular weight is 434 g/mol. The number of nitrogens with zero attached hydrogens (tertiary/aromatic N) is 2. The Balaban J connectivity index is 2.41. The van der Waals surface area contributed by atoms with E-state index in [2.05, 4.69) is 0 Å². The van der Waals surface area contributed by atoms with Crippen LogP contribution in [0.1, 0.15) is 35.6 Å². The molecule has 0 saturated heterocycles. The van der Waals surface area contributed by atoms with Crippen LogP contribution >= 0.6 is 22.6 Å². The molecule has 2 aliphatic rings. The molecule has 0 saturated carbocycles. The summed E-state index contributed by atoms with van der Waals surface area (Å²) >= 11 is 1.92. The summed E-state index contributed by atoms with van der Waals surface area (Å²) in [5.74, 6) is -0.212. The van der Waals surface area contributed by atoms with Gasteiger partial charge in [0.2, 0.25) is 5.43 Å². The molecule has 2 atom stereocenters. The van der Waals surface area contributed by atoms with Crippen molar-refractivity contribution < 1.29 is 19.4 Å². The minimum atomic E-state index is -0.806. The lowest BCUT2D eigenvalue weighted by atomic mass is 9.93. The molecule has 0 aliphatic carbocycles. The first-order chi connectivity index (χ1) is 10.9. The van der Waals surface area contributed by atoms with E-state index in [1.165, 1.54) is 7.11 Å². The number of amides is 1. The van der Waals surface area contributed by atoms with Gasteiger partial charge in [0.15, 0.2) is 11.4 Å². The third-order valence-electron chi connectivity index (χ3n) is 4.65. The Hall–Kier alpha value is -1.13. The number of aliphatic hydroxyl groups excluding tert-OH is 1. The highest BCUT2D eigenvalue weighted by Gasteiger charge is 2.52. The number of aliphatic hydroxyl groups is 1. The number of carbonyl (C=O) groups is 1. The maximum atomic E-state index is 12.8. The molecule has 0 fully saturated rings. The van der Waals surface area contributed by atoms with Gasteiger partial charge < -0.3 is 24.0 Å². The van der Waals surface area contributed by atoms with Crippen molar-refractivity contribution in [1.82, 2.24) is 9.47 Å². The lowest BCUT2D eigenvalue weighted by Crippen LogP contribution is -2.55. The van der Waals surface area contributed by atoms with E-state index in [0.29, 0.717) is 35.4 Å². The lowest BCUT2D eigenvalue weighted by molar-refractivity contribution is 0.0214. The van der Waals surface area contributed by atoms with E-state index in [9.17, 15) is 14.7 Å². The van der Waals surface area contributed by atoms with Crippen LogP contribution in [0.5, 0.6) is 5.75 Å². The van der Waals surface area contributed by atoms with Gasteiger partial charge in [0.05, 0.1) is 34.6 Å². The summed E-state index contributed by atoms with van der Waals surface area (Å²) in [5, 5.41) is 10.6. The van der Waals surface area contributed by atoms with Crippen molar-refractivity contribution >= 4 is 28.5 Å². The Kier molecular flexibility index (Phi) is 4.18. The molecule has 1 aromatic heterocycles. The average Bonchev–Trinajstić information content (AvgIpc) is 2.80. The molecule has 1 aromatic rings. The van der Waals surface area contributed by atoms with E-state index in [0.717, 1.165) is 0 Å². The molecule has 0 spiro atoms. The molecule has 0 bridgehead atoms. The summed E-state index contributed by atoms with van der Waals surface area (Å²) in [6, 6.07) is 0. The standard InChI is InChI=1S/C15H19IN2O5/c1-4-17-6-15(7-22-2)5-8(19)10-9(16)12(20)13(23-3)11(14(17)21)18(10)15/h8,19H,4-7H2,1-3H3. The second-order valence-electron chi connectivity index (χ2n) is 5.94. The van der Waals surface area contributed by atoms with Crippen molar-refractivity contribution in [3.8, 4) is 5.75 Å². The molecule has 2 aliphatic heterocycles. The molecule has 23 heavy (non-hydrogen) atoms. The maximum Gasteiger partial charge on any atom is 0.274 e. The highest BCUT2D eigenvalue weighted by atomic mass is 127. The number of likely N-dealkylation sites (N-methyl/N-ethyl adjacent to an activating group) is 1. The Bertz CT molecular complexity index is 732. The zero-order valence-corrected chi connectivity index (χ0v) is 15.4. The predicted octanol–water partition coefficient (Wildman–Crippen LogP) is 0.716. The Morgan fingerprint density at radius 3 is 2.65 bits per heavy atom. The number of ether oxygens (including phenoxy) is 2. The third-order valence-corrected chi connectivity index (χ3v) is 5.69. The van der Waals surface area contributed by atoms with E-state index in [4.69, 9.17) is 9.47 Å². The topological polar surface area (TPSA) is 81.0 Å². The fraction of sp³-hybridized carbons (Fsp3) is 0.600. The molecule has 126 valence electrons. The second-order valence-corrected chi connectivity index (χ2v) is 7.02. The van der Waals surface area contributed by atoms with Crippen molar-refractivity contribution in [3.05, 3.63) is 25.2 Å². The van der Waals surface area contributed by atoms with E-state index in [1.807, 2.05) is 29.5 Å². The van der Waals surface area contributed by atoms with Crippen molar-refractivity contribution in [1.29, 1.82) is 0 Å². The number of carbonyl (C=O) groups excluding carboxylic acids is 1. The summed E-state index contributed by atoms with van der Waals surface area (Å²) in [5.41, 5.74) is -0.223. The molecule has 3 rings (SSSR count). The van der Waals surface area contributed by atoms with E-state index in [1.54, 1.807) is 16.6 Å². The summed E-state index contributed by atoms with van der Waals surface area (Å²) in [6.07, 6.45) is -0.403. The number of halogens is 1. The van der Waals surface area contributed by atoms with Gasteiger partial charge in [-0.05, 0) is 29.5 Å². The van der Waals surface area contributed by atoms with E-state index >= 15 is 0 Å². The SMILES string of the molecule is CCN1CC2(COC)CC(O)c3c(I)c(=O)c(OC)c(n32)C1=O. The number of hydrogen-bond acceptors (Lipinski definition) is 5. The molecule has 0 radical (unpaired) electrons. The third kappa shape index (κ3) is 2.14. The van der Waals surface area contributed by atoms with Crippen molar-refractivity contribution in [2.45, 2.75) is 25.0 Å². The van der Waals surface area contributed by atoms with Crippen molar-refractivity contribution in [2.75, 3.05) is 33.9 Å². The van der Waals surface area contributed by atoms with Crippen LogP contribution in [0.3, 0.4) is 0 Å². The summed E-state index contributed by atoms with van der Waals surface area (Å²) in [4.78, 5) is 27.1. The molecular formula is C15H19IN2O5. The fourth-order valence-corrected chi connectivity index (χ4v) is 4.61. The molecular weight excluding hydrogens is 415 g/mol. The molecule has 7 nitrogen and oxygen atoms in total. The quantitative estimate of drug-likeness (QED) is 0.707. The van der Waals surface area contributed by atoms with Crippen LogP contribution < -0.4 is 10.2 Å². The van der Waals surface area contributed by atoms with Crippen LogP contribution in [0.4, 0.5) is 0 Å². The molecule has 0 aromatic carbocycles. The number of hydrogen-bond donors (Lipinski definition) is 1. The van der Waals surface area contributed by atoms with Gasteiger partial charge in [-0.3, -0.25) is 9.59 Å². The van der Waals surface area contributed by atoms with Gasteiger partial charge in [-0.15, -0.1) is 0 Å². The first-order valence-corrected chi connectivity index (χ1v) is 8.49. The minimum absolute atomic E-state index is 0.0379. The van der Waals surface area contributed by atoms with Gasteiger partial charge in [0, 0.05) is 26.6 Å². The van der Waals surface area contributed by atoms with Crippen LogP contribution in [-0.2, 0) is 10.3 Å². The highest BCUT2D eigenvalue weighted by molar-refractivity contribution is 14.1. The van der Waals surface area contributed by atoms with Crippen LogP contribution in [0.15, 0.2) is 4.79 Å². The van der Waals surface area contributed by atoms with Gasteiger partial charge in [0.1, 0.15) is 0 Å². The van der Waals surface area contributed by atoms with Crippen molar-refractivity contribution in [3.63, 3.8) is 0 Å². The largest absolute Gasteiger partial charge is 0.491 e. The number of pyridine rings is 1. The number of aromatic nitrogens is 1. The minimum Gasteiger partial charge on any atom is -0.491 e. The molecule has 8 heteroatoms. The summed E-state index contributed by atoms with van der Waals surface area (Å²) in [7, 11) is 2.98. The van der Waals surface area contributed by atoms with Crippen molar-refractivity contribution in [2.24, 2.45) is 0 Å². The maximum absolute atomic E-state index is 12.8. The first kappa shape index (κ1) is 16.7. The molecule has 2 unspecified atom stereocenters. The van der Waals surface area contributed by atoms with E-state index < -0.39 is 11.6 Å². The summed E-state index contributed by atoms with van der Waals surface area (Å²) < 4.78 is 12.8. The monoisotopic (exact) mass is 434 g/mol. The van der Waals surface area contributed by atoms with Crippen LogP contribution in [0, 0.1) is 3.57 Å². The zero-order valence-electron chi connectivity index (χ0n) is 13.3. The van der Waals surface area contributed by atoms with E-state index in [-0.39, 0.29) is 22.8 Å². The Morgan fingerprint density at radius 2 is 2.09 bits per heavy atom. The van der Waals surface area contributed by atoms with Crippen LogP contribution in [-0.4, -0.2) is 54.4 Å². The molecule has 3 heterocycles. The number of rotatable bonds is 4. The van der Waals surface area contributed by atoms with Gasteiger partial charge >= 0.3 is 0 Å². The predicted molar refractivity (Wildman–Crippen MR) is 91.0 cm³/mol. The second kappa shape index (κ2) is 5.75. The van der Waals surface area contributed by atoms with Gasteiger partial charge in [-0.1, -0.05) is 0 Å². The smallest absolute Gasteiger partial charge is 0.274 e. The van der Waals surface area contributed by atoms with Crippen LogP contribution in [0.2, 0.25) is 0 Å². The Labute approximate surface area is 147 Å². The summed E-state index contributed by atoms with van der Waals surface area (Å²) in [6.45, 7) is 3.18. The Morgan fingerprint density at radius 1 is 1.39 bits per heavy atom. The lowest BCUT2D eigenvalue weighted by Gasteiger charge is -2.42. The fourth-order valence-electron chi connectivity index (χ4n) is 3.77. The normalized spacial score (nSPS) is 25.7. The van der Waals surface area contributed by atoms with Gasteiger partial charge in [-0.25, -0.2) is 0 Å². The van der Waals surface area contributed by atoms with Gasteiger partial charge in [-0.2, -0.15) is 0 Å². The molecule has 1 amide bonds.